The molecule has 1 aliphatic rings. The molecule has 36 heavy (non-hydrogen) atoms. The molecule has 1 saturated heterocycles. The first kappa shape index (κ1) is 25.3. The molecule has 4 rings (SSSR count). The molecule has 2 heterocycles. The first-order valence-electron chi connectivity index (χ1n) is 12.3. The number of rotatable bonds is 7. The van der Waals surface area contributed by atoms with Crippen LogP contribution >= 0.6 is 0 Å². The van der Waals surface area contributed by atoms with E-state index in [0.29, 0.717) is 38.3 Å². The van der Waals surface area contributed by atoms with Crippen molar-refractivity contribution in [2.75, 3.05) is 44.2 Å². The van der Waals surface area contributed by atoms with Crippen molar-refractivity contribution >= 4 is 17.6 Å². The first-order chi connectivity index (χ1) is 17.3. The Bertz CT molecular complexity index is 1170. The molecule has 0 N–H and O–H groups in total. The Labute approximate surface area is 211 Å². The minimum Gasteiger partial charge on any atom is -0.352 e. The summed E-state index contributed by atoms with van der Waals surface area (Å²) in [6, 6.07) is 17.5. The number of amides is 2. The lowest BCUT2D eigenvalue weighted by molar-refractivity contribution is -0.132. The third-order valence-corrected chi connectivity index (χ3v) is 6.24. The van der Waals surface area contributed by atoms with Gasteiger partial charge >= 0.3 is 0 Å². The van der Waals surface area contributed by atoms with Crippen LogP contribution in [0.1, 0.15) is 29.8 Å². The third kappa shape index (κ3) is 6.24. The van der Waals surface area contributed by atoms with Crippen molar-refractivity contribution in [3.05, 3.63) is 77.6 Å². The minimum absolute atomic E-state index is 0.000553. The van der Waals surface area contributed by atoms with E-state index in [9.17, 15) is 14.0 Å². The molecule has 7 nitrogen and oxygen atoms in total. The molecule has 0 spiro atoms. The number of nitrogens with zero attached hydrogens (tertiary/aromatic N) is 5. The maximum Gasteiger partial charge on any atom is 0.254 e. The standard InChI is InChI=1S/C28H32FN5O2/c1-20(2)18-34(28(36)23-8-10-24(29)11-9-23)19-27(35)33-16-14-32(15-17-33)26-13-12-25(30-31-26)22-6-4-21(3)5-7-22/h4-13,20H,14-19H2,1-3H3. The predicted octanol–water partition coefficient (Wildman–Crippen LogP) is 4.04. The number of carbonyl (C=O) groups excluding carboxylic acids is 2. The van der Waals surface area contributed by atoms with Gasteiger partial charge in [0.2, 0.25) is 5.91 Å². The van der Waals surface area contributed by atoms with E-state index in [1.807, 2.05) is 45.0 Å². The number of hydrogen-bond acceptors (Lipinski definition) is 5. The number of anilines is 1. The summed E-state index contributed by atoms with van der Waals surface area (Å²) in [7, 11) is 0. The Kier molecular flexibility index (Phi) is 7.93. The predicted molar refractivity (Wildman–Crippen MR) is 138 cm³/mol. The zero-order chi connectivity index (χ0) is 25.7. The van der Waals surface area contributed by atoms with E-state index in [-0.39, 0.29) is 24.3 Å². The summed E-state index contributed by atoms with van der Waals surface area (Å²) in [6.07, 6.45) is 0. The lowest BCUT2D eigenvalue weighted by atomic mass is 10.1. The summed E-state index contributed by atoms with van der Waals surface area (Å²) in [5.74, 6) is 0.225. The van der Waals surface area contributed by atoms with Crippen molar-refractivity contribution in [3.63, 3.8) is 0 Å². The van der Waals surface area contributed by atoms with Crippen LogP contribution in [-0.4, -0.2) is 71.1 Å². The summed E-state index contributed by atoms with van der Waals surface area (Å²) in [5.41, 5.74) is 3.42. The van der Waals surface area contributed by atoms with Gasteiger partial charge in [0.15, 0.2) is 5.82 Å². The zero-order valence-electron chi connectivity index (χ0n) is 21.0. The van der Waals surface area contributed by atoms with Gasteiger partial charge < -0.3 is 14.7 Å². The van der Waals surface area contributed by atoms with Crippen LogP contribution in [0, 0.1) is 18.7 Å². The SMILES string of the molecule is Cc1ccc(-c2ccc(N3CCN(C(=O)CN(CC(C)C)C(=O)c4ccc(F)cc4)CC3)nn2)cc1. The highest BCUT2D eigenvalue weighted by Gasteiger charge is 2.26. The van der Waals surface area contributed by atoms with Gasteiger partial charge in [-0.05, 0) is 49.2 Å². The maximum absolute atomic E-state index is 13.3. The highest BCUT2D eigenvalue weighted by Crippen LogP contribution is 2.20. The summed E-state index contributed by atoms with van der Waals surface area (Å²) in [6.45, 7) is 8.86. The van der Waals surface area contributed by atoms with Crippen molar-refractivity contribution in [2.24, 2.45) is 5.92 Å². The number of piperazine rings is 1. The van der Waals surface area contributed by atoms with Crippen LogP contribution in [0.5, 0.6) is 0 Å². The molecule has 0 bridgehead atoms. The van der Waals surface area contributed by atoms with Crippen molar-refractivity contribution in [1.82, 2.24) is 20.0 Å². The smallest absolute Gasteiger partial charge is 0.254 e. The van der Waals surface area contributed by atoms with Crippen LogP contribution in [0.3, 0.4) is 0 Å². The fourth-order valence-electron chi connectivity index (χ4n) is 4.26. The molecule has 1 fully saturated rings. The molecule has 0 aliphatic carbocycles. The lowest BCUT2D eigenvalue weighted by Gasteiger charge is -2.36. The second-order valence-electron chi connectivity index (χ2n) is 9.60. The van der Waals surface area contributed by atoms with Gasteiger partial charge in [0.05, 0.1) is 5.69 Å². The van der Waals surface area contributed by atoms with Gasteiger partial charge in [0.25, 0.3) is 5.91 Å². The molecule has 0 unspecified atom stereocenters. The average molecular weight is 490 g/mol. The molecule has 0 radical (unpaired) electrons. The number of halogens is 1. The number of carbonyl (C=O) groups is 2. The van der Waals surface area contributed by atoms with Gasteiger partial charge in [-0.2, -0.15) is 0 Å². The minimum atomic E-state index is -0.398. The van der Waals surface area contributed by atoms with Gasteiger partial charge in [0.1, 0.15) is 12.4 Å². The van der Waals surface area contributed by atoms with Gasteiger partial charge in [-0.3, -0.25) is 9.59 Å². The van der Waals surface area contributed by atoms with Crippen molar-refractivity contribution in [2.45, 2.75) is 20.8 Å². The van der Waals surface area contributed by atoms with Crippen LogP contribution < -0.4 is 4.90 Å². The Morgan fingerprint density at radius 2 is 1.58 bits per heavy atom. The highest BCUT2D eigenvalue weighted by molar-refractivity contribution is 5.96. The highest BCUT2D eigenvalue weighted by atomic mass is 19.1. The second-order valence-corrected chi connectivity index (χ2v) is 9.60. The Morgan fingerprint density at radius 3 is 2.17 bits per heavy atom. The summed E-state index contributed by atoms with van der Waals surface area (Å²) >= 11 is 0. The number of benzene rings is 2. The monoisotopic (exact) mass is 489 g/mol. The van der Waals surface area contributed by atoms with Crippen molar-refractivity contribution in [3.8, 4) is 11.3 Å². The van der Waals surface area contributed by atoms with Crippen molar-refractivity contribution in [1.29, 1.82) is 0 Å². The Hall–Kier alpha value is -3.81. The Balaban J connectivity index is 1.35. The van der Waals surface area contributed by atoms with E-state index >= 15 is 0 Å². The fraction of sp³-hybridized carbons (Fsp3) is 0.357. The van der Waals surface area contributed by atoms with E-state index in [1.54, 1.807) is 9.80 Å². The molecule has 1 aliphatic heterocycles. The number of aryl methyl sites for hydroxylation is 1. The normalized spacial score (nSPS) is 13.7. The van der Waals surface area contributed by atoms with Crippen LogP contribution in [-0.2, 0) is 4.79 Å². The largest absolute Gasteiger partial charge is 0.352 e. The quantitative estimate of drug-likeness (QED) is 0.501. The fourth-order valence-corrected chi connectivity index (χ4v) is 4.26. The van der Waals surface area contributed by atoms with E-state index < -0.39 is 5.82 Å². The van der Waals surface area contributed by atoms with Gasteiger partial charge in [-0.15, -0.1) is 10.2 Å². The van der Waals surface area contributed by atoms with Gasteiger partial charge in [0, 0.05) is 43.9 Å². The number of hydrogen-bond donors (Lipinski definition) is 0. The maximum atomic E-state index is 13.3. The molecule has 8 heteroatoms. The molecule has 0 atom stereocenters. The van der Waals surface area contributed by atoms with Crippen LogP contribution in [0.15, 0.2) is 60.7 Å². The third-order valence-electron chi connectivity index (χ3n) is 6.24. The first-order valence-corrected chi connectivity index (χ1v) is 12.3. The average Bonchev–Trinajstić information content (AvgIpc) is 2.89. The number of aromatic nitrogens is 2. The van der Waals surface area contributed by atoms with Crippen LogP contribution in [0.25, 0.3) is 11.3 Å². The van der Waals surface area contributed by atoms with E-state index in [2.05, 4.69) is 27.2 Å². The van der Waals surface area contributed by atoms with Crippen LogP contribution in [0.2, 0.25) is 0 Å². The van der Waals surface area contributed by atoms with Crippen LogP contribution in [0.4, 0.5) is 10.2 Å². The van der Waals surface area contributed by atoms with E-state index in [0.717, 1.165) is 17.1 Å². The molecular weight excluding hydrogens is 457 g/mol. The molecule has 3 aromatic rings. The topological polar surface area (TPSA) is 69.6 Å². The molecular formula is C28H32FN5O2. The Morgan fingerprint density at radius 1 is 0.917 bits per heavy atom. The summed E-state index contributed by atoms with van der Waals surface area (Å²) < 4.78 is 13.3. The molecule has 0 saturated carbocycles. The van der Waals surface area contributed by atoms with Gasteiger partial charge in [-0.1, -0.05) is 43.7 Å². The second kappa shape index (κ2) is 11.3. The molecule has 188 valence electrons. The molecule has 1 aromatic heterocycles. The van der Waals surface area contributed by atoms with Gasteiger partial charge in [-0.25, -0.2) is 4.39 Å². The zero-order valence-corrected chi connectivity index (χ0v) is 21.0. The van der Waals surface area contributed by atoms with E-state index in [4.69, 9.17) is 0 Å². The molecule has 2 amide bonds. The molecule has 2 aromatic carbocycles. The lowest BCUT2D eigenvalue weighted by Crippen LogP contribution is -2.52. The summed E-state index contributed by atoms with van der Waals surface area (Å²) in [4.78, 5) is 31.5. The van der Waals surface area contributed by atoms with Crippen molar-refractivity contribution < 1.29 is 14.0 Å². The van der Waals surface area contributed by atoms with E-state index in [1.165, 1.54) is 29.8 Å². The summed E-state index contributed by atoms with van der Waals surface area (Å²) in [5, 5.41) is 8.80.